The number of hydrogen-bond donors (Lipinski definition) is 2. The molecule has 0 radical (unpaired) electrons. The van der Waals surface area contributed by atoms with Crippen molar-refractivity contribution in [3.05, 3.63) is 66.5 Å². The second kappa shape index (κ2) is 11.8. The maximum atomic E-state index is 5.41. The summed E-state index contributed by atoms with van der Waals surface area (Å²) in [6.07, 6.45) is 4.75. The van der Waals surface area contributed by atoms with Gasteiger partial charge in [-0.2, -0.15) is 5.10 Å². The molecule has 1 unspecified atom stereocenters. The molecule has 2 N–H and O–H groups in total. The minimum absolute atomic E-state index is 0. The number of hydrogen-bond acceptors (Lipinski definition) is 5. The van der Waals surface area contributed by atoms with Crippen LogP contribution in [0.2, 0.25) is 0 Å². The number of halogens is 1. The maximum Gasteiger partial charge on any atom is 0.191 e. The van der Waals surface area contributed by atoms with Crippen molar-refractivity contribution in [2.75, 3.05) is 39.3 Å². The molecule has 0 saturated carbocycles. The van der Waals surface area contributed by atoms with E-state index in [1.54, 1.807) is 27.5 Å². The second-order valence-electron chi connectivity index (χ2n) is 7.69. The molecule has 2 aromatic carbocycles. The summed E-state index contributed by atoms with van der Waals surface area (Å²) in [5.74, 6) is 2.39. The lowest BCUT2D eigenvalue weighted by Crippen LogP contribution is -2.44. The van der Waals surface area contributed by atoms with E-state index in [9.17, 15) is 0 Å². The number of guanidine groups is 1. The quantitative estimate of drug-likeness (QED) is 0.261. The molecule has 0 amide bonds. The molecule has 3 aromatic rings. The number of methoxy groups -OCH3 is 2. The minimum atomic E-state index is 0. The highest BCUT2D eigenvalue weighted by molar-refractivity contribution is 14.0. The van der Waals surface area contributed by atoms with Crippen LogP contribution in [0.1, 0.15) is 12.0 Å². The molecule has 0 spiro atoms. The second-order valence-corrected chi connectivity index (χ2v) is 7.69. The molecule has 1 atom stereocenters. The molecule has 1 aliphatic rings. The van der Waals surface area contributed by atoms with Gasteiger partial charge in [-0.1, -0.05) is 12.1 Å². The van der Waals surface area contributed by atoms with Gasteiger partial charge < -0.3 is 25.0 Å². The van der Waals surface area contributed by atoms with E-state index in [2.05, 4.69) is 37.8 Å². The van der Waals surface area contributed by atoms with Gasteiger partial charge in [0.15, 0.2) is 5.96 Å². The smallest absolute Gasteiger partial charge is 0.191 e. The third-order valence-electron chi connectivity index (χ3n) is 5.59. The van der Waals surface area contributed by atoms with Crippen LogP contribution in [0.4, 0.5) is 5.69 Å². The van der Waals surface area contributed by atoms with E-state index in [1.165, 1.54) is 0 Å². The first-order valence-electron chi connectivity index (χ1n) is 10.7. The van der Waals surface area contributed by atoms with Crippen molar-refractivity contribution in [3.63, 3.8) is 0 Å². The number of ether oxygens (including phenoxy) is 2. The van der Waals surface area contributed by atoms with Crippen LogP contribution in [0, 0.1) is 0 Å². The Bertz CT molecular complexity index is 1030. The molecule has 2 heterocycles. The van der Waals surface area contributed by atoms with E-state index in [1.807, 2.05) is 47.3 Å². The summed E-state index contributed by atoms with van der Waals surface area (Å²) in [4.78, 5) is 6.75. The molecule has 176 valence electrons. The molecule has 1 aliphatic heterocycles. The van der Waals surface area contributed by atoms with E-state index < -0.39 is 0 Å². The van der Waals surface area contributed by atoms with Crippen LogP contribution in [-0.4, -0.2) is 56.1 Å². The Kier molecular flexibility index (Phi) is 8.81. The highest BCUT2D eigenvalue weighted by Gasteiger charge is 2.24. The van der Waals surface area contributed by atoms with Gasteiger partial charge in [0.05, 0.1) is 19.9 Å². The molecule has 1 saturated heterocycles. The normalized spacial score (nSPS) is 15.7. The summed E-state index contributed by atoms with van der Waals surface area (Å²) in [5, 5.41) is 11.3. The van der Waals surface area contributed by atoms with E-state index in [0.29, 0.717) is 12.6 Å². The summed E-state index contributed by atoms with van der Waals surface area (Å²) in [7, 11) is 5.15. The number of nitrogens with zero attached hydrogens (tertiary/aromatic N) is 4. The Balaban J connectivity index is 0.00000306. The van der Waals surface area contributed by atoms with Gasteiger partial charge >= 0.3 is 0 Å². The van der Waals surface area contributed by atoms with Crippen LogP contribution >= 0.6 is 24.0 Å². The number of benzene rings is 2. The number of anilines is 1. The summed E-state index contributed by atoms with van der Waals surface area (Å²) in [6, 6.07) is 16.5. The highest BCUT2D eigenvalue weighted by atomic mass is 127. The molecule has 33 heavy (non-hydrogen) atoms. The standard InChI is InChI=1S/C24H30N6O2.HI/c1-25-24(26-16-18-6-4-7-20(12-18)30-10-5-9-27-30)28-19-8-11-29(17-19)21-13-22(31-2)15-23(14-21)32-3;/h4-7,9-10,12-15,19H,8,11,16-17H2,1-3H3,(H2,25,26,28);1H. The average Bonchev–Trinajstić information content (AvgIpc) is 3.54. The summed E-state index contributed by atoms with van der Waals surface area (Å²) >= 11 is 0. The first kappa shape index (κ1) is 24.7. The van der Waals surface area contributed by atoms with Crippen LogP contribution in [0.25, 0.3) is 5.69 Å². The monoisotopic (exact) mass is 562 g/mol. The predicted octanol–water partition coefficient (Wildman–Crippen LogP) is 3.45. The third kappa shape index (κ3) is 6.31. The lowest BCUT2D eigenvalue weighted by Gasteiger charge is -2.21. The zero-order valence-electron chi connectivity index (χ0n) is 19.2. The van der Waals surface area contributed by atoms with Gasteiger partial charge in [-0.15, -0.1) is 24.0 Å². The number of nitrogens with one attached hydrogen (secondary N) is 2. The Morgan fingerprint density at radius 2 is 1.88 bits per heavy atom. The van der Waals surface area contributed by atoms with E-state index in [0.717, 1.165) is 53.9 Å². The van der Waals surface area contributed by atoms with Gasteiger partial charge in [0.25, 0.3) is 0 Å². The average molecular weight is 562 g/mol. The molecule has 1 aromatic heterocycles. The minimum Gasteiger partial charge on any atom is -0.497 e. The molecule has 1 fully saturated rings. The SMILES string of the molecule is CN=C(NCc1cccc(-n2cccn2)c1)NC1CCN(c2cc(OC)cc(OC)c2)C1.I. The van der Waals surface area contributed by atoms with Gasteiger partial charge in [-0.05, 0) is 30.2 Å². The van der Waals surface area contributed by atoms with Crippen LogP contribution in [-0.2, 0) is 6.54 Å². The van der Waals surface area contributed by atoms with Crippen molar-refractivity contribution < 1.29 is 9.47 Å². The van der Waals surface area contributed by atoms with Crippen LogP contribution in [0.15, 0.2) is 65.9 Å². The molecule has 0 aliphatic carbocycles. The Hall–Kier alpha value is -2.95. The fourth-order valence-corrected chi connectivity index (χ4v) is 3.89. The van der Waals surface area contributed by atoms with Crippen molar-refractivity contribution in [2.24, 2.45) is 4.99 Å². The van der Waals surface area contributed by atoms with Crippen molar-refractivity contribution in [1.82, 2.24) is 20.4 Å². The van der Waals surface area contributed by atoms with Crippen LogP contribution in [0.5, 0.6) is 11.5 Å². The van der Waals surface area contributed by atoms with Gasteiger partial charge in [-0.3, -0.25) is 4.99 Å². The van der Waals surface area contributed by atoms with Crippen LogP contribution in [0.3, 0.4) is 0 Å². The number of aromatic nitrogens is 2. The molecule has 4 rings (SSSR count). The van der Waals surface area contributed by atoms with Gasteiger partial charge in [-0.25, -0.2) is 4.68 Å². The molecule has 8 nitrogen and oxygen atoms in total. The van der Waals surface area contributed by atoms with Crippen molar-refractivity contribution in [2.45, 2.75) is 19.0 Å². The summed E-state index contributed by atoms with van der Waals surface area (Å²) < 4.78 is 12.7. The van der Waals surface area contributed by atoms with Crippen molar-refractivity contribution in [1.29, 1.82) is 0 Å². The Morgan fingerprint density at radius 3 is 2.55 bits per heavy atom. The van der Waals surface area contributed by atoms with Gasteiger partial charge in [0.1, 0.15) is 11.5 Å². The largest absolute Gasteiger partial charge is 0.497 e. The van der Waals surface area contributed by atoms with E-state index >= 15 is 0 Å². The summed E-state index contributed by atoms with van der Waals surface area (Å²) in [6.45, 7) is 2.51. The fraction of sp³-hybridized carbons (Fsp3) is 0.333. The lowest BCUT2D eigenvalue weighted by atomic mass is 10.2. The lowest BCUT2D eigenvalue weighted by molar-refractivity contribution is 0.394. The Labute approximate surface area is 212 Å². The van der Waals surface area contributed by atoms with Crippen LogP contribution < -0.4 is 25.0 Å². The fourth-order valence-electron chi connectivity index (χ4n) is 3.89. The first-order valence-corrected chi connectivity index (χ1v) is 10.7. The van der Waals surface area contributed by atoms with Crippen molar-refractivity contribution >= 4 is 35.6 Å². The summed E-state index contributed by atoms with van der Waals surface area (Å²) in [5.41, 5.74) is 3.30. The van der Waals surface area contributed by atoms with Gasteiger partial charge in [0.2, 0.25) is 0 Å². The Morgan fingerprint density at radius 1 is 1.09 bits per heavy atom. The molecule has 9 heteroatoms. The first-order chi connectivity index (χ1) is 15.7. The zero-order chi connectivity index (χ0) is 22.3. The molecular weight excluding hydrogens is 531 g/mol. The predicted molar refractivity (Wildman–Crippen MR) is 142 cm³/mol. The number of rotatable bonds is 7. The van der Waals surface area contributed by atoms with Crippen molar-refractivity contribution in [3.8, 4) is 17.2 Å². The highest BCUT2D eigenvalue weighted by Crippen LogP contribution is 2.30. The molecular formula is C24H31IN6O2. The maximum absolute atomic E-state index is 5.41. The topological polar surface area (TPSA) is 75.9 Å². The van der Waals surface area contributed by atoms with Gasteiger partial charge in [0, 0.05) is 69.0 Å². The third-order valence-corrected chi connectivity index (χ3v) is 5.59. The molecule has 0 bridgehead atoms. The number of aliphatic imine (C=N–C) groups is 1. The van der Waals surface area contributed by atoms with E-state index in [4.69, 9.17) is 9.47 Å². The van der Waals surface area contributed by atoms with E-state index in [-0.39, 0.29) is 24.0 Å². The zero-order valence-corrected chi connectivity index (χ0v) is 21.5.